The van der Waals surface area contributed by atoms with Crippen LogP contribution in [0.5, 0.6) is 0 Å². The lowest BCUT2D eigenvalue weighted by Crippen LogP contribution is -2.45. The molecule has 0 aromatic heterocycles. The van der Waals surface area contributed by atoms with Gasteiger partial charge < -0.3 is 4.79 Å². The first-order valence-electron chi connectivity index (χ1n) is 3.66. The van der Waals surface area contributed by atoms with E-state index in [1.54, 1.807) is 0 Å². The van der Waals surface area contributed by atoms with Crippen LogP contribution in [-0.2, 0) is 9.59 Å². The molecule has 0 spiro atoms. The Kier molecular flexibility index (Phi) is 2.10. The summed E-state index contributed by atoms with van der Waals surface area (Å²) in [5.41, 5.74) is 0. The van der Waals surface area contributed by atoms with Crippen molar-refractivity contribution in [2.24, 2.45) is 5.92 Å². The molecule has 0 amide bonds. The zero-order chi connectivity index (χ0) is 8.65. The van der Waals surface area contributed by atoms with Crippen LogP contribution in [0.3, 0.4) is 0 Å². The van der Waals surface area contributed by atoms with Crippen molar-refractivity contribution < 1.29 is 9.59 Å². The van der Waals surface area contributed by atoms with Crippen molar-refractivity contribution >= 4 is 22.7 Å². The summed E-state index contributed by atoms with van der Waals surface area (Å²) in [5.74, 6) is 0.0710. The van der Waals surface area contributed by atoms with Gasteiger partial charge in [0.15, 0.2) is 5.12 Å². The van der Waals surface area contributed by atoms with E-state index in [0.717, 1.165) is 0 Å². The summed E-state index contributed by atoms with van der Waals surface area (Å²) in [4.78, 5) is 21.7. The minimum Gasteiger partial charge on any atom is -0.300 e. The average Bonchev–Trinajstić information content (AvgIpc) is 1.82. The Balaban J connectivity index is 2.57. The SMILES string of the molecule is CC(=O)CC1C(=O)SC1(C)C. The summed E-state index contributed by atoms with van der Waals surface area (Å²) in [7, 11) is 0. The highest BCUT2D eigenvalue weighted by Gasteiger charge is 2.47. The van der Waals surface area contributed by atoms with E-state index in [0.29, 0.717) is 6.42 Å². The Labute approximate surface area is 70.7 Å². The van der Waals surface area contributed by atoms with Gasteiger partial charge in [-0.05, 0) is 20.8 Å². The highest BCUT2D eigenvalue weighted by molar-refractivity contribution is 8.17. The first-order chi connectivity index (χ1) is 4.93. The quantitative estimate of drug-likeness (QED) is 0.635. The second-order valence-corrected chi connectivity index (χ2v) is 5.14. The average molecular weight is 172 g/mol. The van der Waals surface area contributed by atoms with Gasteiger partial charge in [0.05, 0.1) is 0 Å². The van der Waals surface area contributed by atoms with Gasteiger partial charge in [0.2, 0.25) is 0 Å². The molecular weight excluding hydrogens is 160 g/mol. The third-order valence-electron chi connectivity index (χ3n) is 1.98. The zero-order valence-electron chi connectivity index (χ0n) is 7.01. The number of hydrogen-bond donors (Lipinski definition) is 0. The minimum absolute atomic E-state index is 0.0112. The van der Waals surface area contributed by atoms with Gasteiger partial charge in [0.1, 0.15) is 5.78 Å². The number of rotatable bonds is 2. The van der Waals surface area contributed by atoms with Crippen molar-refractivity contribution in [3.05, 3.63) is 0 Å². The van der Waals surface area contributed by atoms with Crippen LogP contribution >= 0.6 is 11.8 Å². The lowest BCUT2D eigenvalue weighted by atomic mass is 9.90. The predicted molar refractivity (Wildman–Crippen MR) is 45.5 cm³/mol. The minimum atomic E-state index is -0.0370. The van der Waals surface area contributed by atoms with Crippen molar-refractivity contribution in [2.45, 2.75) is 31.9 Å². The Morgan fingerprint density at radius 1 is 1.64 bits per heavy atom. The van der Waals surface area contributed by atoms with Gasteiger partial charge in [-0.25, -0.2) is 0 Å². The van der Waals surface area contributed by atoms with Crippen LogP contribution in [0, 0.1) is 5.92 Å². The summed E-state index contributed by atoms with van der Waals surface area (Å²) in [5, 5.41) is 0.171. The Morgan fingerprint density at radius 3 is 2.36 bits per heavy atom. The predicted octanol–water partition coefficient (Wildman–Crippen LogP) is 1.63. The molecule has 0 N–H and O–H groups in total. The molecule has 0 aromatic carbocycles. The normalized spacial score (nSPS) is 27.9. The van der Waals surface area contributed by atoms with Crippen molar-refractivity contribution in [3.8, 4) is 0 Å². The molecule has 1 rings (SSSR count). The molecule has 0 bridgehead atoms. The summed E-state index contributed by atoms with van der Waals surface area (Å²) < 4.78 is -0.0112. The highest BCUT2D eigenvalue weighted by atomic mass is 32.2. The van der Waals surface area contributed by atoms with Crippen molar-refractivity contribution in [3.63, 3.8) is 0 Å². The van der Waals surface area contributed by atoms with Crippen LogP contribution in [0.25, 0.3) is 0 Å². The van der Waals surface area contributed by atoms with Gasteiger partial charge >= 0.3 is 0 Å². The Bertz CT molecular complexity index is 208. The molecule has 1 heterocycles. The summed E-state index contributed by atoms with van der Waals surface area (Å²) in [6, 6.07) is 0. The Hall–Kier alpha value is -0.310. The monoisotopic (exact) mass is 172 g/mol. The van der Waals surface area contributed by atoms with Crippen LogP contribution < -0.4 is 0 Å². The van der Waals surface area contributed by atoms with E-state index in [1.165, 1.54) is 18.7 Å². The number of carbonyl (C=O) groups is 2. The molecule has 0 aliphatic carbocycles. The van der Waals surface area contributed by atoms with Gasteiger partial charge in [0.25, 0.3) is 0 Å². The van der Waals surface area contributed by atoms with Gasteiger partial charge in [-0.2, -0.15) is 0 Å². The number of carbonyl (C=O) groups excluding carboxylic acids is 2. The van der Waals surface area contributed by atoms with Crippen LogP contribution in [0.2, 0.25) is 0 Å². The maximum atomic E-state index is 11.0. The van der Waals surface area contributed by atoms with Gasteiger partial charge in [-0.3, -0.25) is 4.79 Å². The molecule has 1 atom stereocenters. The third-order valence-corrected chi connectivity index (χ3v) is 3.28. The third kappa shape index (κ3) is 1.64. The second kappa shape index (κ2) is 2.63. The van der Waals surface area contributed by atoms with Crippen LogP contribution in [-0.4, -0.2) is 15.6 Å². The van der Waals surface area contributed by atoms with E-state index in [9.17, 15) is 9.59 Å². The number of ketones is 1. The number of thioether (sulfide) groups is 1. The van der Waals surface area contributed by atoms with E-state index in [4.69, 9.17) is 0 Å². The first kappa shape index (κ1) is 8.78. The molecular formula is C8H12O2S. The molecule has 0 saturated carbocycles. The summed E-state index contributed by atoms with van der Waals surface area (Å²) in [6.45, 7) is 5.55. The lowest BCUT2D eigenvalue weighted by Gasteiger charge is -2.40. The fourth-order valence-electron chi connectivity index (χ4n) is 1.24. The maximum Gasteiger partial charge on any atom is 0.194 e. The van der Waals surface area contributed by atoms with E-state index in [2.05, 4.69) is 0 Å². The molecule has 0 aromatic rings. The summed E-state index contributed by atoms with van der Waals surface area (Å²) in [6.07, 6.45) is 0.416. The van der Waals surface area contributed by atoms with Gasteiger partial charge in [-0.15, -0.1) is 0 Å². The van der Waals surface area contributed by atoms with Crippen molar-refractivity contribution in [2.75, 3.05) is 0 Å². The van der Waals surface area contributed by atoms with E-state index < -0.39 is 0 Å². The molecule has 1 fully saturated rings. The lowest BCUT2D eigenvalue weighted by molar-refractivity contribution is -0.124. The highest BCUT2D eigenvalue weighted by Crippen LogP contribution is 2.48. The Morgan fingerprint density at radius 2 is 2.18 bits per heavy atom. The van der Waals surface area contributed by atoms with Crippen molar-refractivity contribution in [1.82, 2.24) is 0 Å². The number of Topliss-reactive ketones (excluding diaryl/α,β-unsaturated/α-hetero) is 1. The second-order valence-electron chi connectivity index (χ2n) is 3.48. The fraction of sp³-hybridized carbons (Fsp3) is 0.750. The van der Waals surface area contributed by atoms with E-state index >= 15 is 0 Å². The largest absolute Gasteiger partial charge is 0.300 e. The topological polar surface area (TPSA) is 34.1 Å². The fourth-order valence-corrected chi connectivity index (χ4v) is 2.43. The molecule has 1 aliphatic rings. The smallest absolute Gasteiger partial charge is 0.194 e. The van der Waals surface area contributed by atoms with Crippen LogP contribution in [0.4, 0.5) is 0 Å². The van der Waals surface area contributed by atoms with E-state index in [1.807, 2.05) is 13.8 Å². The first-order valence-corrected chi connectivity index (χ1v) is 4.47. The molecule has 62 valence electrons. The molecule has 3 heteroatoms. The van der Waals surface area contributed by atoms with E-state index in [-0.39, 0.29) is 21.6 Å². The van der Waals surface area contributed by atoms with Crippen LogP contribution in [0.1, 0.15) is 27.2 Å². The molecule has 1 aliphatic heterocycles. The molecule has 1 unspecified atom stereocenters. The molecule has 11 heavy (non-hydrogen) atoms. The molecule has 2 nitrogen and oxygen atoms in total. The number of hydrogen-bond acceptors (Lipinski definition) is 3. The summed E-state index contributed by atoms with van der Waals surface area (Å²) >= 11 is 1.34. The van der Waals surface area contributed by atoms with Gasteiger partial charge in [0, 0.05) is 17.1 Å². The molecule has 0 radical (unpaired) electrons. The maximum absolute atomic E-state index is 11.0. The van der Waals surface area contributed by atoms with Crippen LogP contribution in [0.15, 0.2) is 0 Å². The zero-order valence-corrected chi connectivity index (χ0v) is 7.83. The van der Waals surface area contributed by atoms with Gasteiger partial charge in [-0.1, -0.05) is 11.8 Å². The van der Waals surface area contributed by atoms with Crippen molar-refractivity contribution in [1.29, 1.82) is 0 Å². The molecule has 1 saturated heterocycles. The standard InChI is InChI=1S/C8H12O2S/c1-5(9)4-6-7(10)11-8(6,2)3/h6H,4H2,1-3H3.